The first-order valence-electron chi connectivity index (χ1n) is 9.05. The zero-order valence-electron chi connectivity index (χ0n) is 15.4. The molecule has 0 radical (unpaired) electrons. The Labute approximate surface area is 176 Å². The van der Waals surface area contributed by atoms with Gasteiger partial charge in [0.05, 0.1) is 17.5 Å². The molecule has 1 aliphatic heterocycles. The van der Waals surface area contributed by atoms with Crippen LogP contribution in [0.1, 0.15) is 18.5 Å². The van der Waals surface area contributed by atoms with Crippen LogP contribution >= 0.6 is 34.9 Å². The molecule has 4 rings (SSSR count). The molecule has 0 aliphatic carbocycles. The molecule has 1 atom stereocenters. The molecule has 0 unspecified atom stereocenters. The van der Waals surface area contributed by atoms with Crippen LogP contribution in [-0.2, 0) is 4.79 Å². The summed E-state index contributed by atoms with van der Waals surface area (Å²) in [6.45, 7) is 2.83. The van der Waals surface area contributed by atoms with Crippen molar-refractivity contribution in [2.45, 2.75) is 22.2 Å². The third-order valence-corrected chi connectivity index (χ3v) is 7.48. The van der Waals surface area contributed by atoms with E-state index in [4.69, 9.17) is 0 Å². The molecule has 1 aromatic heterocycles. The number of thioether (sulfide) groups is 2. The first kappa shape index (κ1) is 19.3. The van der Waals surface area contributed by atoms with Crippen molar-refractivity contribution in [2.75, 3.05) is 28.3 Å². The van der Waals surface area contributed by atoms with Gasteiger partial charge in [-0.1, -0.05) is 65.6 Å². The molecule has 1 N–H and O–H groups in total. The molecular weight excluding hydrogens is 408 g/mol. The molecule has 144 valence electrons. The smallest absolute Gasteiger partial charge is 0.238 e. The van der Waals surface area contributed by atoms with E-state index in [0.717, 1.165) is 37.9 Å². The number of aromatic nitrogens is 2. The summed E-state index contributed by atoms with van der Waals surface area (Å²) in [5.41, 5.74) is 2.15. The summed E-state index contributed by atoms with van der Waals surface area (Å²) in [5, 5.41) is 12.2. The summed E-state index contributed by atoms with van der Waals surface area (Å²) in [6, 6.07) is 18.4. The Kier molecular flexibility index (Phi) is 6.19. The van der Waals surface area contributed by atoms with Crippen LogP contribution in [0.15, 0.2) is 63.8 Å². The van der Waals surface area contributed by atoms with Gasteiger partial charge in [0.2, 0.25) is 11.0 Å². The van der Waals surface area contributed by atoms with Crippen LogP contribution in [0, 0.1) is 0 Å². The zero-order valence-corrected chi connectivity index (χ0v) is 17.8. The Morgan fingerprint density at radius 1 is 1.18 bits per heavy atom. The van der Waals surface area contributed by atoms with Gasteiger partial charge in [-0.15, -0.1) is 22.0 Å². The molecule has 2 heterocycles. The maximum absolute atomic E-state index is 13.3. The Morgan fingerprint density at radius 2 is 1.96 bits per heavy atom. The Bertz CT molecular complexity index is 947. The van der Waals surface area contributed by atoms with Gasteiger partial charge >= 0.3 is 0 Å². The topological polar surface area (TPSA) is 58.1 Å². The number of rotatable bonds is 6. The normalized spacial score (nSPS) is 15.9. The van der Waals surface area contributed by atoms with Crippen LogP contribution in [0.4, 0.5) is 10.8 Å². The number of nitrogens with one attached hydrogen (secondary N) is 1. The lowest BCUT2D eigenvalue weighted by atomic mass is 10.1. The van der Waals surface area contributed by atoms with Gasteiger partial charge in [0.15, 0.2) is 4.34 Å². The van der Waals surface area contributed by atoms with E-state index in [0.29, 0.717) is 5.75 Å². The van der Waals surface area contributed by atoms with Crippen molar-refractivity contribution in [1.82, 2.24) is 10.2 Å². The fraction of sp³-hybridized carbons (Fsp3) is 0.250. The molecule has 0 bridgehead atoms. The van der Waals surface area contributed by atoms with Gasteiger partial charge in [-0.05, 0) is 24.6 Å². The maximum atomic E-state index is 13.3. The first-order valence-corrected chi connectivity index (χ1v) is 11.8. The van der Waals surface area contributed by atoms with E-state index < -0.39 is 0 Å². The second kappa shape index (κ2) is 8.98. The molecule has 8 heteroatoms. The van der Waals surface area contributed by atoms with E-state index in [-0.39, 0.29) is 11.9 Å². The van der Waals surface area contributed by atoms with Gasteiger partial charge in [-0.3, -0.25) is 4.79 Å². The quantitative estimate of drug-likeness (QED) is 0.561. The zero-order chi connectivity index (χ0) is 19.3. The van der Waals surface area contributed by atoms with Crippen LogP contribution in [0.2, 0.25) is 0 Å². The summed E-state index contributed by atoms with van der Waals surface area (Å²) >= 11 is 4.74. The number of carbonyl (C=O) groups excluding carboxylic acids is 1. The third kappa shape index (κ3) is 4.19. The maximum Gasteiger partial charge on any atom is 0.238 e. The lowest BCUT2D eigenvalue weighted by Crippen LogP contribution is -2.39. The first-order chi connectivity index (χ1) is 13.8. The van der Waals surface area contributed by atoms with Crippen molar-refractivity contribution in [3.05, 3.63) is 60.2 Å². The van der Waals surface area contributed by atoms with E-state index in [1.54, 1.807) is 11.8 Å². The molecule has 0 saturated carbocycles. The molecule has 0 spiro atoms. The van der Waals surface area contributed by atoms with Gasteiger partial charge < -0.3 is 10.2 Å². The van der Waals surface area contributed by atoms with Crippen LogP contribution in [-0.4, -0.2) is 34.2 Å². The summed E-state index contributed by atoms with van der Waals surface area (Å²) < 4.78 is 0.806. The molecule has 1 aliphatic rings. The summed E-state index contributed by atoms with van der Waals surface area (Å²) in [5.74, 6) is 1.27. The number of amides is 1. The Hall–Kier alpha value is -2.03. The molecule has 3 aromatic rings. The highest BCUT2D eigenvalue weighted by atomic mass is 32.2. The largest absolute Gasteiger partial charge is 0.360 e. The summed E-state index contributed by atoms with van der Waals surface area (Å²) in [4.78, 5) is 16.4. The highest BCUT2D eigenvalue weighted by molar-refractivity contribution is 8.01. The summed E-state index contributed by atoms with van der Waals surface area (Å²) in [7, 11) is 0. The fourth-order valence-electron chi connectivity index (χ4n) is 3.10. The molecule has 2 aromatic carbocycles. The van der Waals surface area contributed by atoms with Gasteiger partial charge in [0.25, 0.3) is 0 Å². The molecule has 0 saturated heterocycles. The molecule has 0 fully saturated rings. The predicted octanol–water partition coefficient (Wildman–Crippen LogP) is 4.94. The van der Waals surface area contributed by atoms with E-state index in [2.05, 4.69) is 33.7 Å². The van der Waals surface area contributed by atoms with E-state index >= 15 is 0 Å². The predicted molar refractivity (Wildman–Crippen MR) is 119 cm³/mol. The number of para-hydroxylation sites is 1. The van der Waals surface area contributed by atoms with Gasteiger partial charge in [0.1, 0.15) is 0 Å². The highest BCUT2D eigenvalue weighted by Crippen LogP contribution is 2.43. The molecule has 5 nitrogen and oxygen atoms in total. The number of hydrogen-bond donors (Lipinski definition) is 1. The van der Waals surface area contributed by atoms with Crippen LogP contribution in [0.3, 0.4) is 0 Å². The minimum absolute atomic E-state index is 0.0286. The van der Waals surface area contributed by atoms with Crippen molar-refractivity contribution in [2.24, 2.45) is 0 Å². The standard InChI is InChI=1S/C20H20N4OS3/c1-2-21-19-22-23-20(28-19)27-13-18(25)24-15-10-6-7-11-17(15)26-12-16(24)14-8-4-3-5-9-14/h3-11,16H,2,12-13H2,1H3,(H,21,22)/t16-/m0/s1. The molecular formula is C20H20N4OS3. The van der Waals surface area contributed by atoms with E-state index in [1.807, 2.05) is 48.2 Å². The molecule has 28 heavy (non-hydrogen) atoms. The van der Waals surface area contributed by atoms with Gasteiger partial charge in [-0.25, -0.2) is 0 Å². The van der Waals surface area contributed by atoms with Gasteiger partial charge in [0, 0.05) is 17.2 Å². The second-order valence-corrected chi connectivity index (χ2v) is 9.42. The fourth-order valence-corrected chi connectivity index (χ4v) is 5.95. The minimum atomic E-state index is 0.0286. The van der Waals surface area contributed by atoms with Crippen LogP contribution < -0.4 is 10.2 Å². The van der Waals surface area contributed by atoms with Crippen molar-refractivity contribution in [3.63, 3.8) is 0 Å². The highest BCUT2D eigenvalue weighted by Gasteiger charge is 2.32. The lowest BCUT2D eigenvalue weighted by molar-refractivity contribution is -0.116. The number of anilines is 2. The number of carbonyl (C=O) groups is 1. The third-order valence-electron chi connectivity index (χ3n) is 4.34. The number of benzene rings is 2. The monoisotopic (exact) mass is 428 g/mol. The summed E-state index contributed by atoms with van der Waals surface area (Å²) in [6.07, 6.45) is 0. The van der Waals surface area contributed by atoms with Crippen molar-refractivity contribution >= 4 is 51.6 Å². The Balaban J connectivity index is 1.56. The SMILES string of the molecule is CCNc1nnc(SCC(=O)N2c3ccccc3SC[C@H]2c2ccccc2)s1. The Morgan fingerprint density at radius 3 is 2.79 bits per heavy atom. The van der Waals surface area contributed by atoms with Crippen molar-refractivity contribution < 1.29 is 4.79 Å². The minimum Gasteiger partial charge on any atom is -0.360 e. The lowest BCUT2D eigenvalue weighted by Gasteiger charge is -2.37. The van der Waals surface area contributed by atoms with Crippen molar-refractivity contribution in [1.29, 1.82) is 0 Å². The number of hydrogen-bond acceptors (Lipinski definition) is 7. The van der Waals surface area contributed by atoms with Gasteiger partial charge in [-0.2, -0.15) is 0 Å². The van der Waals surface area contributed by atoms with Crippen LogP contribution in [0.25, 0.3) is 0 Å². The second-order valence-electron chi connectivity index (χ2n) is 6.16. The molecule has 1 amide bonds. The van der Waals surface area contributed by atoms with E-state index in [1.165, 1.54) is 23.1 Å². The van der Waals surface area contributed by atoms with E-state index in [9.17, 15) is 4.79 Å². The van der Waals surface area contributed by atoms with Crippen LogP contribution in [0.5, 0.6) is 0 Å². The van der Waals surface area contributed by atoms with Crippen molar-refractivity contribution in [3.8, 4) is 0 Å². The number of nitrogens with zero attached hydrogens (tertiary/aromatic N) is 3. The number of fused-ring (bicyclic) bond motifs is 1. The average Bonchev–Trinajstić information content (AvgIpc) is 3.19. The average molecular weight is 429 g/mol.